The number of carbonyl (C=O) groups excluding carboxylic acids is 1. The van der Waals surface area contributed by atoms with E-state index >= 15 is 0 Å². The van der Waals surface area contributed by atoms with Crippen LogP contribution in [0.1, 0.15) is 11.5 Å². The lowest BCUT2D eigenvalue weighted by atomic mass is 10.2. The fraction of sp³-hybridized carbons (Fsp3) is 0.375. The first-order valence-electron chi connectivity index (χ1n) is 7.14. The average Bonchev–Trinajstić information content (AvgIpc) is 2.84. The Labute approximate surface area is 129 Å². The Bertz CT molecular complexity index is 618. The molecular formula is C16H21N3O3. The van der Waals surface area contributed by atoms with Gasteiger partial charge in [-0.25, -0.2) is 4.98 Å². The van der Waals surface area contributed by atoms with Gasteiger partial charge in [0.15, 0.2) is 0 Å². The van der Waals surface area contributed by atoms with Gasteiger partial charge >= 0.3 is 0 Å². The Hall–Kier alpha value is -2.18. The van der Waals surface area contributed by atoms with Crippen LogP contribution in [0.3, 0.4) is 0 Å². The first-order chi connectivity index (χ1) is 10.6. The molecule has 1 amide bonds. The Morgan fingerprint density at radius 2 is 2.18 bits per heavy atom. The minimum atomic E-state index is -0.104. The number of rotatable bonds is 7. The number of aromatic nitrogens is 1. The second-order valence-corrected chi connectivity index (χ2v) is 4.96. The van der Waals surface area contributed by atoms with Gasteiger partial charge in [0.25, 0.3) is 0 Å². The van der Waals surface area contributed by atoms with Crippen molar-refractivity contribution in [3.05, 3.63) is 35.7 Å². The predicted molar refractivity (Wildman–Crippen MR) is 84.8 cm³/mol. The molecule has 2 rings (SSSR count). The van der Waals surface area contributed by atoms with Gasteiger partial charge < -0.3 is 19.8 Å². The van der Waals surface area contributed by atoms with E-state index < -0.39 is 0 Å². The minimum Gasteiger partial charge on any atom is -0.441 e. The Morgan fingerprint density at radius 1 is 1.36 bits per heavy atom. The molecule has 22 heavy (non-hydrogen) atoms. The number of oxazole rings is 1. The fourth-order valence-corrected chi connectivity index (χ4v) is 1.91. The molecule has 0 radical (unpaired) electrons. The number of amides is 1. The molecule has 0 unspecified atom stereocenters. The summed E-state index contributed by atoms with van der Waals surface area (Å²) in [6.07, 6.45) is 0. The number of hydrogen-bond acceptors (Lipinski definition) is 5. The van der Waals surface area contributed by atoms with E-state index in [4.69, 9.17) is 9.15 Å². The van der Waals surface area contributed by atoms with Gasteiger partial charge in [-0.15, -0.1) is 0 Å². The van der Waals surface area contributed by atoms with Gasteiger partial charge in [-0.05, 0) is 32.0 Å². The number of carbonyl (C=O) groups is 1. The molecule has 0 fully saturated rings. The molecular weight excluding hydrogens is 282 g/mol. The lowest BCUT2D eigenvalue weighted by Gasteiger charge is -2.07. The maximum absolute atomic E-state index is 11.8. The highest BCUT2D eigenvalue weighted by molar-refractivity contribution is 5.92. The zero-order chi connectivity index (χ0) is 15.9. The zero-order valence-electron chi connectivity index (χ0n) is 13.1. The molecule has 0 aliphatic heterocycles. The summed E-state index contributed by atoms with van der Waals surface area (Å²) >= 11 is 0. The van der Waals surface area contributed by atoms with Crippen molar-refractivity contribution in [3.8, 4) is 11.5 Å². The summed E-state index contributed by atoms with van der Waals surface area (Å²) in [7, 11) is 1.62. The highest BCUT2D eigenvalue weighted by Crippen LogP contribution is 2.23. The van der Waals surface area contributed by atoms with Crippen LogP contribution >= 0.6 is 0 Å². The van der Waals surface area contributed by atoms with Gasteiger partial charge in [0.1, 0.15) is 5.76 Å². The van der Waals surface area contributed by atoms with Crippen molar-refractivity contribution in [2.24, 2.45) is 0 Å². The molecule has 2 aromatic rings. The zero-order valence-corrected chi connectivity index (χ0v) is 13.1. The second-order valence-electron chi connectivity index (χ2n) is 4.96. The van der Waals surface area contributed by atoms with Crippen LogP contribution in [0.2, 0.25) is 0 Å². The number of nitrogens with zero attached hydrogens (tertiary/aromatic N) is 1. The number of aryl methyl sites for hydroxylation is 2. The van der Waals surface area contributed by atoms with Crippen molar-refractivity contribution in [2.75, 3.05) is 32.1 Å². The van der Waals surface area contributed by atoms with Crippen molar-refractivity contribution in [3.63, 3.8) is 0 Å². The first-order valence-corrected chi connectivity index (χ1v) is 7.14. The minimum absolute atomic E-state index is 0.104. The number of hydrogen-bond donors (Lipinski definition) is 2. The Morgan fingerprint density at radius 3 is 2.86 bits per heavy atom. The number of ether oxygens (including phenoxy) is 1. The molecule has 0 atom stereocenters. The first kappa shape index (κ1) is 16.2. The lowest BCUT2D eigenvalue weighted by Crippen LogP contribution is -2.30. The van der Waals surface area contributed by atoms with Crippen molar-refractivity contribution in [1.29, 1.82) is 0 Å². The van der Waals surface area contributed by atoms with E-state index in [0.717, 1.165) is 17.0 Å². The van der Waals surface area contributed by atoms with Crippen LogP contribution in [0.4, 0.5) is 5.69 Å². The molecule has 6 heteroatoms. The normalized spacial score (nSPS) is 10.7. The molecule has 0 spiro atoms. The second kappa shape index (κ2) is 7.72. The number of nitrogens with one attached hydrogen (secondary N) is 2. The largest absolute Gasteiger partial charge is 0.441 e. The summed E-state index contributed by atoms with van der Waals surface area (Å²) in [6, 6.07) is 7.44. The van der Waals surface area contributed by atoms with Gasteiger partial charge in [0, 0.05) is 24.9 Å². The third-order valence-corrected chi connectivity index (χ3v) is 3.19. The quantitative estimate of drug-likeness (QED) is 0.766. The van der Waals surface area contributed by atoms with E-state index in [2.05, 4.69) is 15.6 Å². The summed E-state index contributed by atoms with van der Waals surface area (Å²) in [4.78, 5) is 16.2. The lowest BCUT2D eigenvalue weighted by molar-refractivity contribution is -0.115. The predicted octanol–water partition coefficient (Wildman–Crippen LogP) is 2.13. The average molecular weight is 303 g/mol. The van der Waals surface area contributed by atoms with E-state index in [1.807, 2.05) is 38.1 Å². The number of methoxy groups -OCH3 is 1. The van der Waals surface area contributed by atoms with Crippen LogP contribution in [0, 0.1) is 13.8 Å². The van der Waals surface area contributed by atoms with Crippen LogP contribution in [-0.2, 0) is 9.53 Å². The molecule has 1 aromatic heterocycles. The van der Waals surface area contributed by atoms with Gasteiger partial charge in [-0.3, -0.25) is 4.79 Å². The molecule has 0 bridgehead atoms. The maximum Gasteiger partial charge on any atom is 0.238 e. The highest BCUT2D eigenvalue weighted by atomic mass is 16.5. The van der Waals surface area contributed by atoms with Crippen molar-refractivity contribution < 1.29 is 13.9 Å². The smallest absolute Gasteiger partial charge is 0.238 e. The SMILES string of the molecule is COCCNCC(=O)Nc1cccc(-c2nc(C)c(C)o2)c1. The highest BCUT2D eigenvalue weighted by Gasteiger charge is 2.09. The topological polar surface area (TPSA) is 76.4 Å². The standard InChI is InChI=1S/C16H21N3O3/c1-11-12(2)22-16(18-11)13-5-4-6-14(9-13)19-15(20)10-17-7-8-21-3/h4-6,9,17H,7-8,10H2,1-3H3,(H,19,20). The molecule has 0 saturated carbocycles. The van der Waals surface area contributed by atoms with Gasteiger partial charge in [0.2, 0.25) is 11.8 Å². The van der Waals surface area contributed by atoms with Crippen LogP contribution < -0.4 is 10.6 Å². The third-order valence-electron chi connectivity index (χ3n) is 3.19. The molecule has 1 heterocycles. The fourth-order valence-electron chi connectivity index (χ4n) is 1.91. The van der Waals surface area contributed by atoms with Crippen LogP contribution in [-0.4, -0.2) is 37.7 Å². The summed E-state index contributed by atoms with van der Waals surface area (Å²) in [5, 5.41) is 5.83. The Balaban J connectivity index is 1.98. The van der Waals surface area contributed by atoms with E-state index in [0.29, 0.717) is 24.7 Å². The van der Waals surface area contributed by atoms with Gasteiger partial charge in [0.05, 0.1) is 18.8 Å². The van der Waals surface area contributed by atoms with E-state index in [1.54, 1.807) is 7.11 Å². The molecule has 1 aromatic carbocycles. The summed E-state index contributed by atoms with van der Waals surface area (Å²) < 4.78 is 10.5. The molecule has 0 aliphatic rings. The summed E-state index contributed by atoms with van der Waals surface area (Å²) in [6.45, 7) is 5.23. The van der Waals surface area contributed by atoms with Crippen molar-refractivity contribution in [2.45, 2.75) is 13.8 Å². The molecule has 0 aliphatic carbocycles. The molecule has 2 N–H and O–H groups in total. The van der Waals surface area contributed by atoms with E-state index in [-0.39, 0.29) is 12.5 Å². The maximum atomic E-state index is 11.8. The summed E-state index contributed by atoms with van der Waals surface area (Å²) in [5.41, 5.74) is 2.41. The third kappa shape index (κ3) is 4.41. The van der Waals surface area contributed by atoms with Crippen LogP contribution in [0.5, 0.6) is 0 Å². The van der Waals surface area contributed by atoms with Crippen molar-refractivity contribution in [1.82, 2.24) is 10.3 Å². The van der Waals surface area contributed by atoms with Gasteiger partial charge in [-0.2, -0.15) is 0 Å². The number of anilines is 1. The molecule has 0 saturated heterocycles. The number of benzene rings is 1. The van der Waals surface area contributed by atoms with E-state index in [1.165, 1.54) is 0 Å². The molecule has 6 nitrogen and oxygen atoms in total. The van der Waals surface area contributed by atoms with Crippen molar-refractivity contribution >= 4 is 11.6 Å². The Kier molecular flexibility index (Phi) is 5.68. The molecule has 118 valence electrons. The van der Waals surface area contributed by atoms with Crippen LogP contribution in [0.15, 0.2) is 28.7 Å². The van der Waals surface area contributed by atoms with E-state index in [9.17, 15) is 4.79 Å². The van der Waals surface area contributed by atoms with Crippen LogP contribution in [0.25, 0.3) is 11.5 Å². The van der Waals surface area contributed by atoms with Gasteiger partial charge in [-0.1, -0.05) is 6.07 Å². The monoisotopic (exact) mass is 303 g/mol. The summed E-state index contributed by atoms with van der Waals surface area (Å²) in [5.74, 6) is 1.25.